The summed E-state index contributed by atoms with van der Waals surface area (Å²) in [6.45, 7) is 3.36. The Balaban J connectivity index is 2.03. The van der Waals surface area contributed by atoms with E-state index in [0.29, 0.717) is 13.2 Å². The van der Waals surface area contributed by atoms with Crippen LogP contribution in [0.1, 0.15) is 30.0 Å². The summed E-state index contributed by atoms with van der Waals surface area (Å²) in [5.74, 6) is 0.922. The van der Waals surface area contributed by atoms with Gasteiger partial charge in [0.15, 0.2) is 0 Å². The van der Waals surface area contributed by atoms with Crippen molar-refractivity contribution in [3.05, 3.63) is 58.1 Å². The molecule has 3 heterocycles. The molecule has 134 valence electrons. The Morgan fingerprint density at radius 2 is 2.00 bits per heavy atom. The maximum Gasteiger partial charge on any atom is 0.252 e. The molecule has 4 rings (SSSR count). The van der Waals surface area contributed by atoms with Crippen LogP contribution in [0.2, 0.25) is 0 Å². The molecule has 5 heteroatoms. The molecule has 3 aromatic rings. The van der Waals surface area contributed by atoms with Crippen molar-refractivity contribution >= 4 is 10.9 Å². The third-order valence-electron chi connectivity index (χ3n) is 5.07. The van der Waals surface area contributed by atoms with Crippen LogP contribution in [0.4, 0.5) is 0 Å². The van der Waals surface area contributed by atoms with E-state index in [1.165, 1.54) is 0 Å². The van der Waals surface area contributed by atoms with E-state index < -0.39 is 0 Å². The van der Waals surface area contributed by atoms with Gasteiger partial charge in [-0.3, -0.25) is 9.78 Å². The fraction of sp³-hybridized carbons (Fsp3) is 0.333. The van der Waals surface area contributed by atoms with Gasteiger partial charge in [0.25, 0.3) is 5.56 Å². The zero-order valence-corrected chi connectivity index (χ0v) is 15.0. The monoisotopic (exact) mass is 350 g/mol. The zero-order valence-electron chi connectivity index (χ0n) is 15.0. The quantitative estimate of drug-likeness (QED) is 0.780. The topological polar surface area (TPSA) is 64.2 Å². The summed E-state index contributed by atoms with van der Waals surface area (Å²) in [5, 5.41) is 1.03. The molecule has 0 atom stereocenters. The molecule has 5 nitrogen and oxygen atoms in total. The molecule has 0 saturated carbocycles. The maximum atomic E-state index is 13.1. The van der Waals surface area contributed by atoms with E-state index in [1.807, 2.05) is 37.3 Å². The minimum absolute atomic E-state index is 0.0258. The molecular formula is C21H22N2O3. The number of hydrogen-bond donors (Lipinski definition) is 1. The van der Waals surface area contributed by atoms with Crippen molar-refractivity contribution in [3.63, 3.8) is 0 Å². The molecule has 0 spiro atoms. The molecule has 1 fully saturated rings. The minimum atomic E-state index is -0.0258. The highest BCUT2D eigenvalue weighted by Gasteiger charge is 2.25. The molecule has 1 aliphatic rings. The van der Waals surface area contributed by atoms with E-state index in [4.69, 9.17) is 9.47 Å². The van der Waals surface area contributed by atoms with Gasteiger partial charge >= 0.3 is 0 Å². The van der Waals surface area contributed by atoms with Gasteiger partial charge in [0.2, 0.25) is 0 Å². The number of aromatic amines is 1. The van der Waals surface area contributed by atoms with Crippen LogP contribution in [0.15, 0.2) is 41.3 Å². The third kappa shape index (κ3) is 2.99. The smallest absolute Gasteiger partial charge is 0.252 e. The van der Waals surface area contributed by atoms with Crippen LogP contribution < -0.4 is 10.3 Å². The molecular weight excluding hydrogens is 328 g/mol. The largest absolute Gasteiger partial charge is 0.497 e. The number of hydrogen-bond acceptors (Lipinski definition) is 4. The summed E-state index contributed by atoms with van der Waals surface area (Å²) in [6, 6.07) is 9.86. The number of ether oxygens (including phenoxy) is 2. The Bertz CT molecular complexity index is 1000. The average Bonchev–Trinajstić information content (AvgIpc) is 2.67. The molecule has 2 aromatic heterocycles. The number of benzene rings is 1. The van der Waals surface area contributed by atoms with Crippen molar-refractivity contribution in [2.24, 2.45) is 0 Å². The molecule has 1 saturated heterocycles. The Hall–Kier alpha value is -2.66. The molecule has 1 N–H and O–H groups in total. The predicted molar refractivity (Wildman–Crippen MR) is 102 cm³/mol. The average molecular weight is 350 g/mol. The number of rotatable bonds is 3. The van der Waals surface area contributed by atoms with E-state index in [2.05, 4.69) is 9.97 Å². The van der Waals surface area contributed by atoms with Gasteiger partial charge in [-0.1, -0.05) is 0 Å². The molecule has 0 bridgehead atoms. The maximum absolute atomic E-state index is 13.1. The van der Waals surface area contributed by atoms with Crippen molar-refractivity contribution in [3.8, 4) is 16.9 Å². The first-order valence-electron chi connectivity index (χ1n) is 8.92. The molecule has 0 aliphatic carbocycles. The number of methoxy groups -OCH3 is 1. The first-order chi connectivity index (χ1) is 12.7. The number of aromatic nitrogens is 2. The second kappa shape index (κ2) is 6.92. The van der Waals surface area contributed by atoms with E-state index in [1.54, 1.807) is 13.3 Å². The van der Waals surface area contributed by atoms with E-state index >= 15 is 0 Å². The van der Waals surface area contributed by atoms with Gasteiger partial charge in [-0.15, -0.1) is 0 Å². The fourth-order valence-electron chi connectivity index (χ4n) is 3.81. The zero-order chi connectivity index (χ0) is 18.1. The summed E-state index contributed by atoms with van der Waals surface area (Å²) < 4.78 is 10.8. The molecule has 0 amide bonds. The summed E-state index contributed by atoms with van der Waals surface area (Å²) in [4.78, 5) is 20.4. The van der Waals surface area contributed by atoms with E-state index in [0.717, 1.165) is 51.9 Å². The van der Waals surface area contributed by atoms with Gasteiger partial charge in [-0.25, -0.2) is 0 Å². The van der Waals surface area contributed by atoms with Crippen LogP contribution in [0.5, 0.6) is 5.75 Å². The molecule has 1 aromatic carbocycles. The molecule has 0 radical (unpaired) electrons. The van der Waals surface area contributed by atoms with Gasteiger partial charge < -0.3 is 14.5 Å². The van der Waals surface area contributed by atoms with E-state index in [9.17, 15) is 4.79 Å². The van der Waals surface area contributed by atoms with Crippen LogP contribution >= 0.6 is 0 Å². The highest BCUT2D eigenvalue weighted by Crippen LogP contribution is 2.37. The third-order valence-corrected chi connectivity index (χ3v) is 5.07. The Morgan fingerprint density at radius 1 is 1.19 bits per heavy atom. The summed E-state index contributed by atoms with van der Waals surface area (Å²) in [6.07, 6.45) is 3.53. The van der Waals surface area contributed by atoms with Gasteiger partial charge in [0.1, 0.15) is 5.75 Å². The number of pyridine rings is 2. The van der Waals surface area contributed by atoms with E-state index in [-0.39, 0.29) is 11.5 Å². The second-order valence-corrected chi connectivity index (χ2v) is 6.73. The Kier molecular flexibility index (Phi) is 4.47. The number of nitrogens with one attached hydrogen (secondary N) is 1. The highest BCUT2D eigenvalue weighted by atomic mass is 16.5. The number of aryl methyl sites for hydroxylation is 1. The van der Waals surface area contributed by atoms with Crippen molar-refractivity contribution in [2.45, 2.75) is 25.7 Å². The van der Waals surface area contributed by atoms with Crippen LogP contribution in [-0.2, 0) is 4.74 Å². The summed E-state index contributed by atoms with van der Waals surface area (Å²) in [5.41, 5.74) is 4.58. The number of fused-ring (bicyclic) bond motifs is 1. The normalized spacial score (nSPS) is 15.3. The number of H-pyrrole nitrogens is 1. The lowest BCUT2D eigenvalue weighted by Gasteiger charge is -2.25. The lowest BCUT2D eigenvalue weighted by atomic mass is 9.85. The van der Waals surface area contributed by atoms with Crippen LogP contribution in [0.25, 0.3) is 22.0 Å². The van der Waals surface area contributed by atoms with Gasteiger partial charge in [0.05, 0.1) is 12.6 Å². The lowest BCUT2D eigenvalue weighted by Crippen LogP contribution is -2.23. The predicted octanol–water partition coefficient (Wildman–Crippen LogP) is 3.80. The molecule has 26 heavy (non-hydrogen) atoms. The van der Waals surface area contributed by atoms with Gasteiger partial charge in [-0.05, 0) is 55.5 Å². The van der Waals surface area contributed by atoms with Crippen molar-refractivity contribution in [1.82, 2.24) is 9.97 Å². The number of nitrogens with zero attached hydrogens (tertiary/aromatic N) is 1. The Morgan fingerprint density at radius 3 is 2.73 bits per heavy atom. The molecule has 0 unspecified atom stereocenters. The van der Waals surface area contributed by atoms with Crippen LogP contribution in [0, 0.1) is 6.92 Å². The van der Waals surface area contributed by atoms with Crippen molar-refractivity contribution in [1.29, 1.82) is 0 Å². The van der Waals surface area contributed by atoms with Crippen LogP contribution in [0.3, 0.4) is 0 Å². The lowest BCUT2D eigenvalue weighted by molar-refractivity contribution is 0.0852. The summed E-state index contributed by atoms with van der Waals surface area (Å²) in [7, 11) is 1.63. The Labute approximate surface area is 152 Å². The van der Waals surface area contributed by atoms with Crippen molar-refractivity contribution < 1.29 is 9.47 Å². The minimum Gasteiger partial charge on any atom is -0.497 e. The first-order valence-corrected chi connectivity index (χ1v) is 8.92. The van der Waals surface area contributed by atoms with Crippen LogP contribution in [-0.4, -0.2) is 30.3 Å². The SMILES string of the molecule is COc1ccc2c(-c3ccnc(C)c3)c(C3CCOCC3)c(=O)[nH]c2c1. The first kappa shape index (κ1) is 16.8. The molecule has 1 aliphatic heterocycles. The highest BCUT2D eigenvalue weighted by molar-refractivity contribution is 5.96. The standard InChI is InChI=1S/C21H22N2O3/c1-13-11-15(5-8-22-13)19-17-4-3-16(25-2)12-18(17)23-21(24)20(19)14-6-9-26-10-7-14/h3-5,8,11-12,14H,6-7,9-10H2,1-2H3,(H,23,24). The van der Waals surface area contributed by atoms with Gasteiger partial charge in [0, 0.05) is 47.7 Å². The van der Waals surface area contributed by atoms with Gasteiger partial charge in [-0.2, -0.15) is 0 Å². The second-order valence-electron chi connectivity index (χ2n) is 6.73. The van der Waals surface area contributed by atoms with Crippen molar-refractivity contribution in [2.75, 3.05) is 20.3 Å². The summed E-state index contributed by atoms with van der Waals surface area (Å²) >= 11 is 0. The fourth-order valence-corrected chi connectivity index (χ4v) is 3.81.